The van der Waals surface area contributed by atoms with Gasteiger partial charge in [0, 0.05) is 24.2 Å². The number of rotatable bonds is 3. The van der Waals surface area contributed by atoms with Crippen LogP contribution < -0.4 is 5.32 Å². The zero-order valence-corrected chi connectivity index (χ0v) is 9.18. The van der Waals surface area contributed by atoms with E-state index in [9.17, 15) is 0 Å². The number of nitrogens with one attached hydrogen (secondary N) is 1. The van der Waals surface area contributed by atoms with Gasteiger partial charge in [0.1, 0.15) is 0 Å². The van der Waals surface area contributed by atoms with Crippen molar-refractivity contribution in [3.05, 3.63) is 18.0 Å². The topological polar surface area (TPSA) is 37.8 Å². The van der Waals surface area contributed by atoms with Crippen molar-refractivity contribution in [1.29, 1.82) is 0 Å². The highest BCUT2D eigenvalue weighted by Crippen LogP contribution is 2.17. The van der Waals surface area contributed by atoms with E-state index >= 15 is 0 Å². The van der Waals surface area contributed by atoms with Gasteiger partial charge in [0.05, 0.1) is 0 Å². The van der Waals surface area contributed by atoms with Crippen molar-refractivity contribution in [2.24, 2.45) is 0 Å². The van der Waals surface area contributed by atoms with Crippen LogP contribution in [0.5, 0.6) is 0 Å². The fourth-order valence-electron chi connectivity index (χ4n) is 1.53. The van der Waals surface area contributed by atoms with E-state index in [0.29, 0.717) is 6.04 Å². The summed E-state index contributed by atoms with van der Waals surface area (Å²) in [5, 5.41) is 4.35. The van der Waals surface area contributed by atoms with Crippen LogP contribution in [0.2, 0.25) is 0 Å². The van der Waals surface area contributed by atoms with Gasteiger partial charge in [-0.25, -0.2) is 9.97 Å². The Labute approximate surface area is 88.7 Å². The molecule has 0 aromatic carbocycles. The minimum absolute atomic E-state index is 0.657. The zero-order chi connectivity index (χ0) is 9.80. The maximum atomic E-state index is 4.26. The number of aromatic nitrogens is 2. The minimum atomic E-state index is 0.657. The van der Waals surface area contributed by atoms with E-state index in [-0.39, 0.29) is 0 Å². The summed E-state index contributed by atoms with van der Waals surface area (Å²) in [5.74, 6) is 1.09. The second-order valence-electron chi connectivity index (χ2n) is 3.65. The SMILES string of the molecule is Cc1cnc(SCC2CCCN2)nc1. The van der Waals surface area contributed by atoms with Crippen molar-refractivity contribution < 1.29 is 0 Å². The summed E-state index contributed by atoms with van der Waals surface area (Å²) in [6.07, 6.45) is 6.34. The molecular weight excluding hydrogens is 194 g/mol. The minimum Gasteiger partial charge on any atom is -0.313 e. The lowest BCUT2D eigenvalue weighted by molar-refractivity contribution is 0.673. The molecule has 0 amide bonds. The van der Waals surface area contributed by atoms with Gasteiger partial charge in [-0.15, -0.1) is 0 Å². The van der Waals surface area contributed by atoms with Crippen molar-refractivity contribution in [3.63, 3.8) is 0 Å². The van der Waals surface area contributed by atoms with E-state index in [4.69, 9.17) is 0 Å². The van der Waals surface area contributed by atoms with E-state index in [2.05, 4.69) is 15.3 Å². The molecule has 3 nitrogen and oxygen atoms in total. The van der Waals surface area contributed by atoms with Gasteiger partial charge in [-0.05, 0) is 31.9 Å². The summed E-state index contributed by atoms with van der Waals surface area (Å²) in [7, 11) is 0. The molecule has 4 heteroatoms. The van der Waals surface area contributed by atoms with E-state index in [1.54, 1.807) is 11.8 Å². The molecule has 0 saturated carbocycles. The van der Waals surface area contributed by atoms with Gasteiger partial charge in [-0.2, -0.15) is 0 Å². The average molecular weight is 209 g/mol. The highest BCUT2D eigenvalue weighted by Gasteiger charge is 2.14. The Morgan fingerprint density at radius 2 is 2.29 bits per heavy atom. The Balaban J connectivity index is 1.82. The van der Waals surface area contributed by atoms with Crippen LogP contribution in [-0.4, -0.2) is 28.3 Å². The maximum Gasteiger partial charge on any atom is 0.187 e. The van der Waals surface area contributed by atoms with Crippen LogP contribution >= 0.6 is 11.8 Å². The second kappa shape index (κ2) is 4.75. The molecule has 1 saturated heterocycles. The molecule has 2 heterocycles. The Morgan fingerprint density at radius 1 is 1.50 bits per heavy atom. The number of aryl methyl sites for hydroxylation is 1. The van der Waals surface area contributed by atoms with E-state index in [1.165, 1.54) is 19.4 Å². The quantitative estimate of drug-likeness (QED) is 0.606. The Bertz CT molecular complexity index is 280. The largest absolute Gasteiger partial charge is 0.313 e. The number of hydrogen-bond acceptors (Lipinski definition) is 4. The first-order chi connectivity index (χ1) is 6.84. The smallest absolute Gasteiger partial charge is 0.187 e. The van der Waals surface area contributed by atoms with Crippen LogP contribution in [0.1, 0.15) is 18.4 Å². The van der Waals surface area contributed by atoms with Gasteiger partial charge in [0.2, 0.25) is 0 Å². The molecule has 0 bridgehead atoms. The Hall–Kier alpha value is -0.610. The standard InChI is InChI=1S/C10H15N3S/c1-8-5-12-10(13-6-8)14-7-9-3-2-4-11-9/h5-6,9,11H,2-4,7H2,1H3. The fraction of sp³-hybridized carbons (Fsp3) is 0.600. The molecule has 1 unspecified atom stereocenters. The summed E-state index contributed by atoms with van der Waals surface area (Å²) in [4.78, 5) is 8.53. The first kappa shape index (κ1) is 9.93. The zero-order valence-electron chi connectivity index (χ0n) is 8.36. The molecule has 1 fully saturated rings. The van der Waals surface area contributed by atoms with Gasteiger partial charge in [0.15, 0.2) is 5.16 Å². The average Bonchev–Trinajstić information content (AvgIpc) is 2.70. The molecule has 1 aliphatic rings. The first-order valence-corrected chi connectivity index (χ1v) is 5.98. The molecule has 0 radical (unpaired) electrons. The monoisotopic (exact) mass is 209 g/mol. The molecular formula is C10H15N3S. The summed E-state index contributed by atoms with van der Waals surface area (Å²) in [6, 6.07) is 0.657. The third-order valence-electron chi connectivity index (χ3n) is 2.33. The predicted molar refractivity (Wildman–Crippen MR) is 58.5 cm³/mol. The van der Waals surface area contributed by atoms with Gasteiger partial charge in [-0.3, -0.25) is 0 Å². The summed E-state index contributed by atoms with van der Waals surface area (Å²) in [5.41, 5.74) is 1.12. The van der Waals surface area contributed by atoms with E-state index in [0.717, 1.165) is 16.5 Å². The van der Waals surface area contributed by atoms with Crippen LogP contribution in [-0.2, 0) is 0 Å². The second-order valence-corrected chi connectivity index (χ2v) is 4.63. The Kier molecular flexibility index (Phi) is 3.37. The molecule has 1 aliphatic heterocycles. The number of thioether (sulfide) groups is 1. The predicted octanol–water partition coefficient (Wildman–Crippen LogP) is 1.63. The van der Waals surface area contributed by atoms with Crippen LogP contribution in [0, 0.1) is 6.92 Å². The molecule has 1 aromatic rings. The molecule has 0 aliphatic carbocycles. The van der Waals surface area contributed by atoms with E-state index < -0.39 is 0 Å². The molecule has 1 atom stereocenters. The Morgan fingerprint density at radius 3 is 2.93 bits per heavy atom. The van der Waals surface area contributed by atoms with Crippen molar-refractivity contribution in [2.75, 3.05) is 12.3 Å². The van der Waals surface area contributed by atoms with Gasteiger partial charge < -0.3 is 5.32 Å². The molecule has 0 spiro atoms. The van der Waals surface area contributed by atoms with Crippen molar-refractivity contribution in [2.45, 2.75) is 31.0 Å². The lowest BCUT2D eigenvalue weighted by Gasteiger charge is -2.07. The highest BCUT2D eigenvalue weighted by molar-refractivity contribution is 7.99. The van der Waals surface area contributed by atoms with Crippen molar-refractivity contribution in [3.8, 4) is 0 Å². The third-order valence-corrected chi connectivity index (χ3v) is 3.37. The van der Waals surface area contributed by atoms with E-state index in [1.807, 2.05) is 19.3 Å². The first-order valence-electron chi connectivity index (χ1n) is 4.99. The van der Waals surface area contributed by atoms with Crippen LogP contribution in [0.3, 0.4) is 0 Å². The molecule has 1 N–H and O–H groups in total. The normalized spacial score (nSPS) is 21.4. The highest BCUT2D eigenvalue weighted by atomic mass is 32.2. The van der Waals surface area contributed by atoms with Crippen LogP contribution in [0.4, 0.5) is 0 Å². The summed E-state index contributed by atoms with van der Waals surface area (Å²) >= 11 is 1.74. The fourth-order valence-corrected chi connectivity index (χ4v) is 2.42. The van der Waals surface area contributed by atoms with Crippen molar-refractivity contribution in [1.82, 2.24) is 15.3 Å². The summed E-state index contributed by atoms with van der Waals surface area (Å²) in [6.45, 7) is 3.17. The third kappa shape index (κ3) is 2.69. The van der Waals surface area contributed by atoms with Crippen LogP contribution in [0.15, 0.2) is 17.6 Å². The van der Waals surface area contributed by atoms with Gasteiger partial charge in [-0.1, -0.05) is 11.8 Å². The lowest BCUT2D eigenvalue weighted by atomic mass is 10.3. The number of nitrogens with zero attached hydrogens (tertiary/aromatic N) is 2. The molecule has 14 heavy (non-hydrogen) atoms. The molecule has 1 aromatic heterocycles. The lowest BCUT2D eigenvalue weighted by Crippen LogP contribution is -2.23. The van der Waals surface area contributed by atoms with Crippen molar-refractivity contribution >= 4 is 11.8 Å². The van der Waals surface area contributed by atoms with Gasteiger partial charge >= 0.3 is 0 Å². The molecule has 76 valence electrons. The van der Waals surface area contributed by atoms with Crippen LogP contribution in [0.25, 0.3) is 0 Å². The molecule has 2 rings (SSSR count). The van der Waals surface area contributed by atoms with Gasteiger partial charge in [0.25, 0.3) is 0 Å². The summed E-state index contributed by atoms with van der Waals surface area (Å²) < 4.78 is 0. The number of hydrogen-bond donors (Lipinski definition) is 1. The maximum absolute atomic E-state index is 4.26.